The molecule has 4 aromatic rings. The molecule has 1 fully saturated rings. The molecule has 0 radical (unpaired) electrons. The number of amides is 1. The number of aryl methyl sites for hydroxylation is 1. The van der Waals surface area contributed by atoms with Crippen LogP contribution in [-0.2, 0) is 6.42 Å². The normalized spacial score (nSPS) is 15.5. The van der Waals surface area contributed by atoms with Gasteiger partial charge in [-0.05, 0) is 48.4 Å². The molecule has 1 aliphatic rings. The number of aliphatic hydroxyl groups excluding tert-OH is 1. The third-order valence-corrected chi connectivity index (χ3v) is 6.20. The maximum atomic E-state index is 13.2. The number of pyridine rings is 1. The van der Waals surface area contributed by atoms with Crippen molar-refractivity contribution in [3.63, 3.8) is 0 Å². The monoisotopic (exact) mass is 472 g/mol. The highest BCUT2D eigenvalue weighted by atomic mass is 16.5. The predicted molar refractivity (Wildman–Crippen MR) is 134 cm³/mol. The number of rotatable bonds is 8. The van der Waals surface area contributed by atoms with Gasteiger partial charge in [0.1, 0.15) is 17.7 Å². The quantitative estimate of drug-likeness (QED) is 0.405. The van der Waals surface area contributed by atoms with Gasteiger partial charge in [-0.3, -0.25) is 9.69 Å². The third kappa shape index (κ3) is 4.95. The van der Waals surface area contributed by atoms with Gasteiger partial charge in [0, 0.05) is 48.0 Å². The molecule has 1 aliphatic heterocycles. The van der Waals surface area contributed by atoms with Gasteiger partial charge < -0.3 is 19.7 Å². The molecule has 1 unspecified atom stereocenters. The van der Waals surface area contributed by atoms with Crippen molar-refractivity contribution in [1.82, 2.24) is 19.9 Å². The summed E-state index contributed by atoms with van der Waals surface area (Å²) in [4.78, 5) is 33.3. The maximum absolute atomic E-state index is 13.2. The van der Waals surface area contributed by atoms with Gasteiger partial charge in [0.05, 0.1) is 25.9 Å². The summed E-state index contributed by atoms with van der Waals surface area (Å²) in [5.41, 5.74) is 2.61. The number of fused-ring (bicyclic) bond motifs is 1. The summed E-state index contributed by atoms with van der Waals surface area (Å²) < 4.78 is 6.14. The summed E-state index contributed by atoms with van der Waals surface area (Å²) >= 11 is 0. The molecular formula is C26H28N6O3. The van der Waals surface area contributed by atoms with E-state index in [0.717, 1.165) is 41.8 Å². The first-order chi connectivity index (χ1) is 17.1. The van der Waals surface area contributed by atoms with Crippen LogP contribution in [0.15, 0.2) is 61.2 Å². The van der Waals surface area contributed by atoms with E-state index in [1.807, 2.05) is 42.9 Å². The highest BCUT2D eigenvalue weighted by Crippen LogP contribution is 2.24. The molecule has 35 heavy (non-hydrogen) atoms. The van der Waals surface area contributed by atoms with E-state index < -0.39 is 0 Å². The molecule has 1 aromatic carbocycles. The van der Waals surface area contributed by atoms with Crippen LogP contribution in [0.25, 0.3) is 10.9 Å². The smallest absolute Gasteiger partial charge is 0.259 e. The largest absolute Gasteiger partial charge is 0.487 e. The Bertz CT molecular complexity index is 1290. The Morgan fingerprint density at radius 1 is 1.17 bits per heavy atom. The molecule has 0 aliphatic carbocycles. The van der Waals surface area contributed by atoms with E-state index >= 15 is 0 Å². The number of benzene rings is 1. The molecule has 0 spiro atoms. The van der Waals surface area contributed by atoms with Gasteiger partial charge in [-0.2, -0.15) is 0 Å². The van der Waals surface area contributed by atoms with Crippen molar-refractivity contribution >= 4 is 28.6 Å². The molecule has 0 saturated carbocycles. The minimum absolute atomic E-state index is 0.000330. The second-order valence-corrected chi connectivity index (χ2v) is 8.53. The van der Waals surface area contributed by atoms with E-state index in [4.69, 9.17) is 4.74 Å². The fourth-order valence-corrected chi connectivity index (χ4v) is 4.26. The van der Waals surface area contributed by atoms with E-state index in [2.05, 4.69) is 31.8 Å². The Labute approximate surface area is 203 Å². The van der Waals surface area contributed by atoms with Gasteiger partial charge in [0.25, 0.3) is 5.91 Å². The zero-order valence-electron chi connectivity index (χ0n) is 19.6. The highest BCUT2D eigenvalue weighted by Gasteiger charge is 2.26. The van der Waals surface area contributed by atoms with Crippen LogP contribution in [0.2, 0.25) is 0 Å². The standard InChI is InChI=1S/C26H28N6O3/c1-2-18-14-29-26(30-15-18)31-10-8-22(17-31)35-21-4-6-24(28-16-21)32(11-12-33)25(34)20-3-5-23-19(13-20)7-9-27-23/h3-7,9,13-16,22,27,33H,2,8,10-12,17H2,1H3. The average Bonchev–Trinajstić information content (AvgIpc) is 3.57. The Morgan fingerprint density at radius 3 is 2.77 bits per heavy atom. The number of aliphatic hydroxyl groups is 1. The lowest BCUT2D eigenvalue weighted by Gasteiger charge is -2.21. The van der Waals surface area contributed by atoms with Gasteiger partial charge in [0.2, 0.25) is 5.95 Å². The number of carbonyl (C=O) groups excluding carboxylic acids is 1. The molecule has 9 nitrogen and oxygen atoms in total. The van der Waals surface area contributed by atoms with Crippen LogP contribution in [0.5, 0.6) is 5.75 Å². The second kappa shape index (κ2) is 10.1. The minimum atomic E-state index is -0.219. The second-order valence-electron chi connectivity index (χ2n) is 8.53. The number of ether oxygens (including phenoxy) is 1. The highest BCUT2D eigenvalue weighted by molar-refractivity contribution is 6.07. The molecule has 3 aromatic heterocycles. The number of hydrogen-bond donors (Lipinski definition) is 2. The molecule has 1 amide bonds. The summed E-state index contributed by atoms with van der Waals surface area (Å²) in [7, 11) is 0. The summed E-state index contributed by atoms with van der Waals surface area (Å²) in [6.07, 6.45) is 8.97. The Kier molecular flexibility index (Phi) is 6.58. The van der Waals surface area contributed by atoms with Crippen LogP contribution < -0.4 is 14.5 Å². The summed E-state index contributed by atoms with van der Waals surface area (Å²) in [5.74, 6) is 1.60. The maximum Gasteiger partial charge on any atom is 0.259 e. The molecule has 4 heterocycles. The van der Waals surface area contributed by atoms with E-state index in [9.17, 15) is 9.90 Å². The van der Waals surface area contributed by atoms with Crippen molar-refractivity contribution in [3.05, 3.63) is 72.3 Å². The van der Waals surface area contributed by atoms with Crippen molar-refractivity contribution in [2.45, 2.75) is 25.9 Å². The van der Waals surface area contributed by atoms with Crippen LogP contribution in [0.4, 0.5) is 11.8 Å². The first-order valence-electron chi connectivity index (χ1n) is 11.8. The van der Waals surface area contributed by atoms with E-state index in [1.165, 1.54) is 4.90 Å². The molecule has 180 valence electrons. The first kappa shape index (κ1) is 22.8. The van der Waals surface area contributed by atoms with Crippen molar-refractivity contribution in [2.24, 2.45) is 0 Å². The Balaban J connectivity index is 1.24. The van der Waals surface area contributed by atoms with Gasteiger partial charge >= 0.3 is 0 Å². The molecule has 9 heteroatoms. The molecule has 1 atom stereocenters. The number of nitrogens with zero attached hydrogens (tertiary/aromatic N) is 5. The van der Waals surface area contributed by atoms with Gasteiger partial charge in [0.15, 0.2) is 0 Å². The third-order valence-electron chi connectivity index (χ3n) is 6.20. The number of H-pyrrole nitrogens is 1. The molecule has 5 rings (SSSR count). The zero-order valence-corrected chi connectivity index (χ0v) is 19.6. The number of hydrogen-bond acceptors (Lipinski definition) is 7. The molecule has 0 bridgehead atoms. The van der Waals surface area contributed by atoms with Crippen molar-refractivity contribution in [3.8, 4) is 5.75 Å². The molecule has 2 N–H and O–H groups in total. The van der Waals surface area contributed by atoms with Gasteiger partial charge in [-0.15, -0.1) is 0 Å². The van der Waals surface area contributed by atoms with Crippen LogP contribution in [0, 0.1) is 0 Å². The topological polar surface area (TPSA) is 107 Å². The number of aromatic amines is 1. The SMILES string of the molecule is CCc1cnc(N2CCC(Oc3ccc(N(CCO)C(=O)c4ccc5[nH]ccc5c4)nc3)C2)nc1. The minimum Gasteiger partial charge on any atom is -0.487 e. The zero-order chi connectivity index (χ0) is 24.2. The molecule has 1 saturated heterocycles. The fraction of sp³-hybridized carbons (Fsp3) is 0.308. The van der Waals surface area contributed by atoms with Gasteiger partial charge in [-0.1, -0.05) is 6.92 Å². The van der Waals surface area contributed by atoms with Gasteiger partial charge in [-0.25, -0.2) is 15.0 Å². The van der Waals surface area contributed by atoms with Crippen LogP contribution >= 0.6 is 0 Å². The number of aromatic nitrogens is 4. The van der Waals surface area contributed by atoms with Crippen molar-refractivity contribution in [1.29, 1.82) is 0 Å². The summed E-state index contributed by atoms with van der Waals surface area (Å²) in [6, 6.07) is 11.0. The lowest BCUT2D eigenvalue weighted by molar-refractivity contribution is 0.0980. The van der Waals surface area contributed by atoms with Crippen LogP contribution in [0.3, 0.4) is 0 Å². The van der Waals surface area contributed by atoms with E-state index in [1.54, 1.807) is 18.3 Å². The van der Waals surface area contributed by atoms with Crippen molar-refractivity contribution in [2.75, 3.05) is 36.0 Å². The lowest BCUT2D eigenvalue weighted by Crippen LogP contribution is -2.34. The van der Waals surface area contributed by atoms with Crippen LogP contribution in [0.1, 0.15) is 29.3 Å². The van der Waals surface area contributed by atoms with E-state index in [0.29, 0.717) is 23.7 Å². The number of carbonyl (C=O) groups is 1. The molecular weight excluding hydrogens is 444 g/mol. The van der Waals surface area contributed by atoms with Crippen LogP contribution in [-0.4, -0.2) is 63.3 Å². The summed E-state index contributed by atoms with van der Waals surface area (Å²) in [6.45, 7) is 3.58. The van der Waals surface area contributed by atoms with E-state index in [-0.39, 0.29) is 25.2 Å². The fourth-order valence-electron chi connectivity index (χ4n) is 4.26. The first-order valence-corrected chi connectivity index (χ1v) is 11.8. The Morgan fingerprint density at radius 2 is 2.03 bits per heavy atom. The number of anilines is 2. The Hall–Kier alpha value is -3.98. The average molecular weight is 473 g/mol. The van der Waals surface area contributed by atoms with Crippen molar-refractivity contribution < 1.29 is 14.6 Å². The summed E-state index contributed by atoms with van der Waals surface area (Å²) in [5, 5.41) is 10.5. The number of nitrogens with one attached hydrogen (secondary N) is 1. The predicted octanol–water partition coefficient (Wildman–Crippen LogP) is 3.21. The lowest BCUT2D eigenvalue weighted by atomic mass is 10.1.